The molecule has 0 saturated carbocycles. The third-order valence-electron chi connectivity index (χ3n) is 6.22. The zero-order valence-electron chi connectivity index (χ0n) is 20.4. The highest BCUT2D eigenvalue weighted by molar-refractivity contribution is 6.46. The smallest absolute Gasteiger partial charge is 0.282 e. The largest absolute Gasteiger partial charge is 0.494 e. The summed E-state index contributed by atoms with van der Waals surface area (Å²) < 4.78 is 5.69. The average molecular weight is 455 g/mol. The van der Waals surface area contributed by atoms with Crippen LogP contribution in [-0.2, 0) is 9.59 Å². The number of nitrogens with zero attached hydrogens (tertiary/aromatic N) is 1. The summed E-state index contributed by atoms with van der Waals surface area (Å²) in [6, 6.07) is 18.9. The van der Waals surface area contributed by atoms with E-state index in [0.29, 0.717) is 23.4 Å². The molecule has 5 heteroatoms. The fourth-order valence-corrected chi connectivity index (χ4v) is 3.91. The van der Waals surface area contributed by atoms with Crippen molar-refractivity contribution >= 4 is 28.8 Å². The summed E-state index contributed by atoms with van der Waals surface area (Å²) in [6.07, 6.45) is 0.912. The summed E-state index contributed by atoms with van der Waals surface area (Å²) in [6.45, 7) is 10.7. The van der Waals surface area contributed by atoms with Gasteiger partial charge in [-0.2, -0.15) is 0 Å². The number of hydrogen-bond donors (Lipinski definition) is 1. The molecule has 2 amide bonds. The number of nitrogens with one attached hydrogen (secondary N) is 1. The Kier molecular flexibility index (Phi) is 6.55. The summed E-state index contributed by atoms with van der Waals surface area (Å²) in [7, 11) is 0. The molecule has 174 valence electrons. The maximum atomic E-state index is 13.7. The molecule has 0 aliphatic carbocycles. The first-order chi connectivity index (χ1) is 16.3. The van der Waals surface area contributed by atoms with Crippen LogP contribution in [0.3, 0.4) is 0 Å². The maximum absolute atomic E-state index is 13.7. The lowest BCUT2D eigenvalue weighted by molar-refractivity contribution is -0.120. The lowest BCUT2D eigenvalue weighted by Gasteiger charge is -2.17. The number of imide groups is 1. The molecule has 0 spiro atoms. The van der Waals surface area contributed by atoms with E-state index in [9.17, 15) is 9.59 Å². The van der Waals surface area contributed by atoms with Crippen molar-refractivity contribution in [2.24, 2.45) is 0 Å². The molecule has 0 aromatic heterocycles. The number of benzene rings is 3. The van der Waals surface area contributed by atoms with Gasteiger partial charge in [0.05, 0.1) is 17.9 Å². The van der Waals surface area contributed by atoms with Crippen LogP contribution in [0.25, 0.3) is 5.57 Å². The van der Waals surface area contributed by atoms with Crippen molar-refractivity contribution < 1.29 is 14.3 Å². The first-order valence-electron chi connectivity index (χ1n) is 11.6. The van der Waals surface area contributed by atoms with E-state index in [2.05, 4.69) is 5.32 Å². The second kappa shape index (κ2) is 9.56. The first kappa shape index (κ1) is 23.3. The number of anilines is 2. The van der Waals surface area contributed by atoms with Gasteiger partial charge in [0.25, 0.3) is 11.8 Å². The molecule has 1 aliphatic rings. The lowest BCUT2D eigenvalue weighted by Crippen LogP contribution is -2.32. The number of amides is 2. The number of rotatable bonds is 7. The van der Waals surface area contributed by atoms with Gasteiger partial charge >= 0.3 is 0 Å². The van der Waals surface area contributed by atoms with Gasteiger partial charge in [-0.05, 0) is 98.3 Å². The summed E-state index contributed by atoms with van der Waals surface area (Å²) >= 11 is 0. The Morgan fingerprint density at radius 1 is 0.765 bits per heavy atom. The van der Waals surface area contributed by atoms with Crippen molar-refractivity contribution in [3.63, 3.8) is 0 Å². The van der Waals surface area contributed by atoms with E-state index >= 15 is 0 Å². The Morgan fingerprint density at radius 3 is 2.03 bits per heavy atom. The van der Waals surface area contributed by atoms with Gasteiger partial charge in [-0.25, -0.2) is 4.90 Å². The van der Waals surface area contributed by atoms with Gasteiger partial charge in [-0.3, -0.25) is 9.59 Å². The number of hydrogen-bond acceptors (Lipinski definition) is 4. The van der Waals surface area contributed by atoms with Gasteiger partial charge in [0, 0.05) is 5.69 Å². The fourth-order valence-electron chi connectivity index (χ4n) is 3.91. The van der Waals surface area contributed by atoms with E-state index in [0.717, 1.165) is 40.1 Å². The van der Waals surface area contributed by atoms with E-state index in [1.807, 2.05) is 95.3 Å². The molecule has 1 heterocycles. The third kappa shape index (κ3) is 4.46. The summed E-state index contributed by atoms with van der Waals surface area (Å²) in [5.74, 6) is 0.0206. The molecular formula is C29H30N2O3. The Labute approximate surface area is 201 Å². The van der Waals surface area contributed by atoms with Gasteiger partial charge in [-0.15, -0.1) is 0 Å². The molecule has 0 bridgehead atoms. The molecule has 0 unspecified atom stereocenters. The maximum Gasteiger partial charge on any atom is 0.282 e. The number of ether oxygens (including phenoxy) is 1. The summed E-state index contributed by atoms with van der Waals surface area (Å²) in [5.41, 5.74) is 7.01. The normalized spacial score (nSPS) is 13.6. The van der Waals surface area contributed by atoms with E-state index < -0.39 is 0 Å². The highest BCUT2D eigenvalue weighted by Crippen LogP contribution is 2.35. The number of carbonyl (C=O) groups is 2. The van der Waals surface area contributed by atoms with Crippen molar-refractivity contribution in [2.75, 3.05) is 16.8 Å². The number of aryl methyl sites for hydroxylation is 4. The monoisotopic (exact) mass is 454 g/mol. The standard InChI is InChI=1S/C29H30N2O3/c1-6-15-34-25-13-9-22(10-14-25)26-27(30-23-11-7-18(2)20(4)16-23)29(33)31(28(26)32)24-12-8-19(3)21(5)17-24/h7-14,16-17,30H,6,15H2,1-5H3. The minimum absolute atomic E-state index is 0.272. The van der Waals surface area contributed by atoms with Crippen LogP contribution < -0.4 is 15.0 Å². The van der Waals surface area contributed by atoms with Crippen LogP contribution in [-0.4, -0.2) is 18.4 Å². The predicted octanol–water partition coefficient (Wildman–Crippen LogP) is 6.11. The Morgan fingerprint density at radius 2 is 1.41 bits per heavy atom. The molecule has 34 heavy (non-hydrogen) atoms. The van der Waals surface area contributed by atoms with Crippen LogP contribution in [0.4, 0.5) is 11.4 Å². The fraction of sp³-hybridized carbons (Fsp3) is 0.241. The second-order valence-electron chi connectivity index (χ2n) is 8.76. The van der Waals surface area contributed by atoms with Crippen LogP contribution in [0.5, 0.6) is 5.75 Å². The van der Waals surface area contributed by atoms with Crippen molar-refractivity contribution in [3.8, 4) is 5.75 Å². The van der Waals surface area contributed by atoms with Gasteiger partial charge < -0.3 is 10.1 Å². The number of carbonyl (C=O) groups excluding carboxylic acids is 2. The van der Waals surface area contributed by atoms with Crippen molar-refractivity contribution in [1.29, 1.82) is 0 Å². The van der Waals surface area contributed by atoms with E-state index in [1.165, 1.54) is 4.90 Å². The first-order valence-corrected chi connectivity index (χ1v) is 11.6. The lowest BCUT2D eigenvalue weighted by atomic mass is 10.0. The van der Waals surface area contributed by atoms with Crippen LogP contribution in [0, 0.1) is 27.7 Å². The average Bonchev–Trinajstić information content (AvgIpc) is 3.06. The molecule has 3 aromatic carbocycles. The molecule has 0 fully saturated rings. The quantitative estimate of drug-likeness (QED) is 0.438. The van der Waals surface area contributed by atoms with Gasteiger partial charge in [-0.1, -0.05) is 31.2 Å². The van der Waals surface area contributed by atoms with Crippen LogP contribution >= 0.6 is 0 Å². The SMILES string of the molecule is CCCOc1ccc(C2=C(Nc3ccc(C)c(C)c3)C(=O)N(c3ccc(C)c(C)c3)C2=O)cc1. The second-order valence-corrected chi connectivity index (χ2v) is 8.76. The molecule has 1 N–H and O–H groups in total. The van der Waals surface area contributed by atoms with E-state index in [-0.39, 0.29) is 17.5 Å². The molecule has 5 nitrogen and oxygen atoms in total. The molecule has 1 aliphatic heterocycles. The molecular weight excluding hydrogens is 424 g/mol. The Hall–Kier alpha value is -3.86. The highest BCUT2D eigenvalue weighted by atomic mass is 16.5. The van der Waals surface area contributed by atoms with Crippen LogP contribution in [0.2, 0.25) is 0 Å². The van der Waals surface area contributed by atoms with E-state index in [1.54, 1.807) is 0 Å². The zero-order chi connectivity index (χ0) is 24.4. The van der Waals surface area contributed by atoms with Crippen LogP contribution in [0.1, 0.15) is 41.2 Å². The highest BCUT2D eigenvalue weighted by Gasteiger charge is 2.40. The molecule has 0 saturated heterocycles. The third-order valence-corrected chi connectivity index (χ3v) is 6.22. The van der Waals surface area contributed by atoms with Crippen molar-refractivity contribution in [3.05, 3.63) is 94.2 Å². The van der Waals surface area contributed by atoms with Gasteiger partial charge in [0.2, 0.25) is 0 Å². The minimum atomic E-state index is -0.368. The minimum Gasteiger partial charge on any atom is -0.494 e. The predicted molar refractivity (Wildman–Crippen MR) is 137 cm³/mol. The molecule has 3 aromatic rings. The van der Waals surface area contributed by atoms with Crippen LogP contribution in [0.15, 0.2) is 66.4 Å². The molecule has 0 atom stereocenters. The summed E-state index contributed by atoms with van der Waals surface area (Å²) in [5, 5.41) is 3.25. The van der Waals surface area contributed by atoms with Gasteiger partial charge in [0.15, 0.2) is 0 Å². The zero-order valence-corrected chi connectivity index (χ0v) is 20.4. The Balaban J connectivity index is 1.78. The molecule has 4 rings (SSSR count). The Bertz CT molecular complexity index is 1290. The van der Waals surface area contributed by atoms with Crippen molar-refractivity contribution in [1.82, 2.24) is 0 Å². The van der Waals surface area contributed by atoms with Gasteiger partial charge in [0.1, 0.15) is 11.4 Å². The molecule has 0 radical (unpaired) electrons. The van der Waals surface area contributed by atoms with Crippen molar-refractivity contribution in [2.45, 2.75) is 41.0 Å². The van der Waals surface area contributed by atoms with E-state index in [4.69, 9.17) is 4.74 Å². The topological polar surface area (TPSA) is 58.6 Å². The summed E-state index contributed by atoms with van der Waals surface area (Å²) in [4.78, 5) is 28.5.